The van der Waals surface area contributed by atoms with E-state index in [4.69, 9.17) is 0 Å². The van der Waals surface area contributed by atoms with Gasteiger partial charge in [-0.2, -0.15) is 0 Å². The van der Waals surface area contributed by atoms with Crippen LogP contribution in [0.15, 0.2) is 40.1 Å². The van der Waals surface area contributed by atoms with Crippen molar-refractivity contribution in [2.45, 2.75) is 4.90 Å². The van der Waals surface area contributed by atoms with Crippen molar-refractivity contribution in [1.82, 2.24) is 10.2 Å². The number of hydrogen-bond donors (Lipinski definition) is 1. The number of imide groups is 1. The van der Waals surface area contributed by atoms with E-state index in [-0.39, 0.29) is 17.7 Å². The molecule has 1 heterocycles. The first kappa shape index (κ1) is 13.4. The number of hydrogen-bond acceptors (Lipinski definition) is 4. The molecule has 0 bridgehead atoms. The van der Waals surface area contributed by atoms with Gasteiger partial charge in [-0.3, -0.25) is 19.3 Å². The Morgan fingerprint density at radius 3 is 2.53 bits per heavy atom. The summed E-state index contributed by atoms with van der Waals surface area (Å²) in [4.78, 5) is 36.9. The van der Waals surface area contributed by atoms with Gasteiger partial charge in [0.15, 0.2) is 0 Å². The summed E-state index contributed by atoms with van der Waals surface area (Å²) in [5, 5.41) is 2.54. The fraction of sp³-hybridized carbons (Fsp3) is 0.154. The molecule has 3 amide bonds. The molecule has 0 fully saturated rings. The van der Waals surface area contributed by atoms with Crippen LogP contribution in [0.2, 0.25) is 0 Å². The van der Waals surface area contributed by atoms with E-state index in [1.54, 1.807) is 31.3 Å². The van der Waals surface area contributed by atoms with Gasteiger partial charge < -0.3 is 5.32 Å². The van der Waals surface area contributed by atoms with Crippen LogP contribution in [0, 0.1) is 0 Å². The molecule has 1 aliphatic heterocycles. The Kier molecular flexibility index (Phi) is 3.71. The number of nitrogens with one attached hydrogen (secondary N) is 1. The molecule has 1 aromatic carbocycles. The van der Waals surface area contributed by atoms with E-state index in [1.807, 2.05) is 0 Å². The second-order valence-electron chi connectivity index (χ2n) is 3.89. The third-order valence-electron chi connectivity index (χ3n) is 2.68. The zero-order valence-corrected chi connectivity index (χ0v) is 11.3. The van der Waals surface area contributed by atoms with E-state index in [1.165, 1.54) is 13.1 Å². The summed E-state index contributed by atoms with van der Waals surface area (Å²) in [6.07, 6.45) is 1.29. The van der Waals surface area contributed by atoms with E-state index < -0.39 is 0 Å². The number of thioether (sulfide) groups is 1. The summed E-state index contributed by atoms with van der Waals surface area (Å²) in [6, 6.07) is 6.94. The zero-order chi connectivity index (χ0) is 14.0. The van der Waals surface area contributed by atoms with Crippen LogP contribution in [0.1, 0.15) is 10.4 Å². The Labute approximate surface area is 114 Å². The molecule has 0 saturated carbocycles. The maximum absolute atomic E-state index is 11.8. The molecule has 5 nitrogen and oxygen atoms in total. The Bertz CT molecular complexity index is 595. The molecular weight excluding hydrogens is 264 g/mol. The smallest absolute Gasteiger partial charge is 0.267 e. The number of carbonyl (C=O) groups is 3. The minimum atomic E-state index is -0.346. The first-order chi connectivity index (χ1) is 9.04. The fourth-order valence-electron chi connectivity index (χ4n) is 1.61. The maximum Gasteiger partial charge on any atom is 0.267 e. The number of rotatable bonds is 3. The van der Waals surface area contributed by atoms with Crippen molar-refractivity contribution < 1.29 is 14.4 Å². The van der Waals surface area contributed by atoms with Crippen molar-refractivity contribution in [3.8, 4) is 0 Å². The minimum Gasteiger partial charge on any atom is -0.355 e. The van der Waals surface area contributed by atoms with Crippen LogP contribution in [-0.4, -0.2) is 36.7 Å². The highest BCUT2D eigenvalue weighted by Crippen LogP contribution is 2.33. The second-order valence-corrected chi connectivity index (χ2v) is 4.97. The third-order valence-corrected chi connectivity index (χ3v) is 3.77. The zero-order valence-electron chi connectivity index (χ0n) is 10.5. The second kappa shape index (κ2) is 5.27. The lowest BCUT2D eigenvalue weighted by atomic mass is 10.2. The molecule has 0 aromatic heterocycles. The minimum absolute atomic E-state index is 0.228. The average molecular weight is 276 g/mol. The van der Waals surface area contributed by atoms with Gasteiger partial charge in [0.1, 0.15) is 0 Å². The normalized spacial score (nSPS) is 14.6. The predicted octanol–water partition coefficient (Wildman–Crippen LogP) is 1.02. The lowest BCUT2D eigenvalue weighted by Crippen LogP contribution is -2.25. The van der Waals surface area contributed by atoms with Gasteiger partial charge >= 0.3 is 0 Å². The highest BCUT2D eigenvalue weighted by atomic mass is 32.2. The molecule has 19 heavy (non-hydrogen) atoms. The summed E-state index contributed by atoms with van der Waals surface area (Å²) >= 11 is 1.13. The van der Waals surface area contributed by atoms with Crippen LogP contribution < -0.4 is 5.32 Å². The molecule has 2 rings (SSSR count). The van der Waals surface area contributed by atoms with Crippen LogP contribution in [0.25, 0.3) is 0 Å². The summed E-state index contributed by atoms with van der Waals surface area (Å²) in [5.41, 5.74) is 0.478. The highest BCUT2D eigenvalue weighted by molar-refractivity contribution is 8.04. The van der Waals surface area contributed by atoms with E-state index in [0.29, 0.717) is 15.4 Å². The van der Waals surface area contributed by atoms with Gasteiger partial charge in [-0.1, -0.05) is 23.9 Å². The molecule has 1 N–H and O–H groups in total. The number of carbonyl (C=O) groups excluding carboxylic acids is 3. The van der Waals surface area contributed by atoms with Gasteiger partial charge in [0.25, 0.3) is 17.7 Å². The van der Waals surface area contributed by atoms with E-state index in [2.05, 4.69) is 5.32 Å². The molecule has 0 unspecified atom stereocenters. The van der Waals surface area contributed by atoms with Crippen molar-refractivity contribution in [3.05, 3.63) is 40.8 Å². The van der Waals surface area contributed by atoms with E-state index >= 15 is 0 Å². The number of nitrogens with zero attached hydrogens (tertiary/aromatic N) is 1. The van der Waals surface area contributed by atoms with Gasteiger partial charge in [0.2, 0.25) is 0 Å². The first-order valence-electron chi connectivity index (χ1n) is 5.57. The van der Waals surface area contributed by atoms with E-state index in [9.17, 15) is 14.4 Å². The third kappa shape index (κ3) is 2.53. The Morgan fingerprint density at radius 1 is 1.26 bits per heavy atom. The van der Waals surface area contributed by atoms with Crippen molar-refractivity contribution in [2.24, 2.45) is 0 Å². The van der Waals surface area contributed by atoms with Gasteiger partial charge in [0.05, 0.1) is 10.5 Å². The monoisotopic (exact) mass is 276 g/mol. The topological polar surface area (TPSA) is 66.5 Å². The number of benzene rings is 1. The molecule has 98 valence electrons. The molecule has 0 atom stereocenters. The van der Waals surface area contributed by atoms with Crippen LogP contribution >= 0.6 is 11.8 Å². The highest BCUT2D eigenvalue weighted by Gasteiger charge is 2.29. The molecule has 6 heteroatoms. The molecule has 0 saturated heterocycles. The van der Waals surface area contributed by atoms with Crippen molar-refractivity contribution >= 4 is 29.5 Å². The summed E-state index contributed by atoms with van der Waals surface area (Å²) in [7, 11) is 2.97. The van der Waals surface area contributed by atoms with Gasteiger partial charge in [-0.25, -0.2) is 0 Å². The first-order valence-corrected chi connectivity index (χ1v) is 6.39. The number of likely N-dealkylation sites (N-methyl/N-ethyl adjacent to an activating group) is 1. The van der Waals surface area contributed by atoms with Gasteiger partial charge in [0, 0.05) is 25.1 Å². The lowest BCUT2D eigenvalue weighted by Gasteiger charge is -2.09. The molecule has 0 radical (unpaired) electrons. The Morgan fingerprint density at radius 2 is 1.95 bits per heavy atom. The van der Waals surface area contributed by atoms with Crippen LogP contribution in [-0.2, 0) is 9.59 Å². The quantitative estimate of drug-likeness (QED) is 0.837. The number of amides is 3. The van der Waals surface area contributed by atoms with Crippen LogP contribution in [0.5, 0.6) is 0 Å². The van der Waals surface area contributed by atoms with E-state index in [0.717, 1.165) is 16.7 Å². The fourth-order valence-corrected chi connectivity index (χ4v) is 2.64. The SMILES string of the molecule is CNC(=O)c1ccccc1SC1=CC(=O)N(C)C1=O. The molecule has 1 aromatic rings. The summed E-state index contributed by atoms with van der Waals surface area (Å²) < 4.78 is 0. The largest absolute Gasteiger partial charge is 0.355 e. The van der Waals surface area contributed by atoms with Gasteiger partial charge in [-0.15, -0.1) is 0 Å². The summed E-state index contributed by atoms with van der Waals surface area (Å²) in [5.74, 6) is -0.916. The Hall–Kier alpha value is -2.08. The van der Waals surface area contributed by atoms with Crippen molar-refractivity contribution in [3.63, 3.8) is 0 Å². The Balaban J connectivity index is 2.30. The van der Waals surface area contributed by atoms with Crippen molar-refractivity contribution in [2.75, 3.05) is 14.1 Å². The summed E-state index contributed by atoms with van der Waals surface area (Å²) in [6.45, 7) is 0. The standard InChI is InChI=1S/C13H12N2O3S/c1-14-12(17)8-5-3-4-6-9(8)19-10-7-11(16)15(2)13(10)18/h3-7H,1-2H3,(H,14,17). The van der Waals surface area contributed by atoms with Crippen LogP contribution in [0.3, 0.4) is 0 Å². The van der Waals surface area contributed by atoms with Crippen molar-refractivity contribution in [1.29, 1.82) is 0 Å². The molecule has 1 aliphatic rings. The molecule has 0 spiro atoms. The maximum atomic E-state index is 11.8. The lowest BCUT2D eigenvalue weighted by molar-refractivity contribution is -0.135. The van der Waals surface area contributed by atoms with Gasteiger partial charge in [-0.05, 0) is 12.1 Å². The van der Waals surface area contributed by atoms with Crippen LogP contribution in [0.4, 0.5) is 0 Å². The predicted molar refractivity (Wildman–Crippen MR) is 71.5 cm³/mol. The molecule has 0 aliphatic carbocycles. The molecular formula is C13H12N2O3S. The average Bonchev–Trinajstić information content (AvgIpc) is 2.66.